The van der Waals surface area contributed by atoms with Crippen LogP contribution in [-0.4, -0.2) is 9.55 Å². The lowest BCUT2D eigenvalue weighted by molar-refractivity contribution is 0.531. The van der Waals surface area contributed by atoms with Crippen LogP contribution in [0.4, 0.5) is 0 Å². The molecule has 0 N–H and O–H groups in total. The minimum absolute atomic E-state index is 1.11. The first kappa shape index (κ1) is 23.0. The van der Waals surface area contributed by atoms with Crippen LogP contribution in [0.2, 0.25) is 0 Å². The molecule has 0 unspecified atom stereocenters. The molecule has 0 amide bonds. The average Bonchev–Trinajstić information content (AvgIpc) is 3.02. The van der Waals surface area contributed by atoms with Gasteiger partial charge in [0.2, 0.25) is 0 Å². The van der Waals surface area contributed by atoms with Crippen LogP contribution in [0.3, 0.4) is 0 Å². The monoisotopic (exact) mass is 384 g/mol. The van der Waals surface area contributed by atoms with Gasteiger partial charge in [0.05, 0.1) is 11.0 Å². The number of aromatic nitrogens is 2. The SMILES string of the molecule is CCCCCCCCCCCCCCCCCc1nc2c(C)cccc2n1C. The Balaban J connectivity index is 1.43. The number of rotatable bonds is 16. The minimum atomic E-state index is 1.11. The highest BCUT2D eigenvalue weighted by molar-refractivity contribution is 5.79. The quantitative estimate of drug-likeness (QED) is 0.266. The van der Waals surface area contributed by atoms with E-state index < -0.39 is 0 Å². The smallest absolute Gasteiger partial charge is 0.109 e. The zero-order valence-electron chi connectivity index (χ0n) is 18.9. The van der Waals surface area contributed by atoms with Crippen LogP contribution in [0, 0.1) is 6.92 Å². The Morgan fingerprint density at radius 3 is 1.71 bits per heavy atom. The molecule has 1 aromatic heterocycles. The molecule has 0 radical (unpaired) electrons. The summed E-state index contributed by atoms with van der Waals surface area (Å²) < 4.78 is 2.28. The van der Waals surface area contributed by atoms with Crippen molar-refractivity contribution in [3.05, 3.63) is 29.6 Å². The summed E-state index contributed by atoms with van der Waals surface area (Å²) in [5.74, 6) is 1.25. The van der Waals surface area contributed by atoms with Crippen molar-refractivity contribution in [2.45, 2.75) is 117 Å². The van der Waals surface area contributed by atoms with Gasteiger partial charge in [-0.2, -0.15) is 0 Å². The molecule has 1 heterocycles. The van der Waals surface area contributed by atoms with E-state index >= 15 is 0 Å². The highest BCUT2D eigenvalue weighted by Gasteiger charge is 2.08. The van der Waals surface area contributed by atoms with Crippen LogP contribution in [0.5, 0.6) is 0 Å². The van der Waals surface area contributed by atoms with Crippen molar-refractivity contribution in [2.75, 3.05) is 0 Å². The van der Waals surface area contributed by atoms with Gasteiger partial charge in [0.25, 0.3) is 0 Å². The highest BCUT2D eigenvalue weighted by Crippen LogP contribution is 2.20. The molecule has 0 aliphatic rings. The molecular formula is C26H44N2. The maximum absolute atomic E-state index is 4.88. The maximum Gasteiger partial charge on any atom is 0.109 e. The summed E-state index contributed by atoms with van der Waals surface area (Å²) in [4.78, 5) is 4.88. The number of nitrogens with zero attached hydrogens (tertiary/aromatic N) is 2. The van der Waals surface area contributed by atoms with E-state index in [0.717, 1.165) is 6.42 Å². The number of hydrogen-bond donors (Lipinski definition) is 0. The van der Waals surface area contributed by atoms with Crippen LogP contribution in [-0.2, 0) is 13.5 Å². The number of fused-ring (bicyclic) bond motifs is 1. The van der Waals surface area contributed by atoms with E-state index in [-0.39, 0.29) is 0 Å². The first-order valence-corrected chi connectivity index (χ1v) is 12.1. The summed E-state index contributed by atoms with van der Waals surface area (Å²) in [7, 11) is 2.16. The van der Waals surface area contributed by atoms with Crippen LogP contribution in [0.25, 0.3) is 11.0 Å². The molecule has 0 fully saturated rings. The van der Waals surface area contributed by atoms with E-state index in [1.807, 2.05) is 0 Å². The maximum atomic E-state index is 4.88. The van der Waals surface area contributed by atoms with Crippen molar-refractivity contribution in [3.63, 3.8) is 0 Å². The molecule has 0 aliphatic heterocycles. The number of para-hydroxylation sites is 1. The molecule has 0 spiro atoms. The molecule has 28 heavy (non-hydrogen) atoms. The third-order valence-corrected chi connectivity index (χ3v) is 6.21. The van der Waals surface area contributed by atoms with Crippen molar-refractivity contribution >= 4 is 11.0 Å². The Bertz CT molecular complexity index is 656. The Labute approximate surface area is 174 Å². The number of aryl methyl sites for hydroxylation is 3. The van der Waals surface area contributed by atoms with E-state index in [1.165, 1.54) is 119 Å². The molecule has 1 aromatic carbocycles. The van der Waals surface area contributed by atoms with Crippen LogP contribution in [0.1, 0.15) is 115 Å². The standard InChI is InChI=1S/C26H44N2/c1-4-5-6-7-8-9-10-11-12-13-14-15-16-17-18-22-25-27-26-23(2)20-19-21-24(26)28(25)3/h19-21H,4-18,22H2,1-3H3. The normalized spacial score (nSPS) is 11.5. The lowest BCUT2D eigenvalue weighted by Crippen LogP contribution is -1.97. The van der Waals surface area contributed by atoms with Gasteiger partial charge in [-0.3, -0.25) is 0 Å². The largest absolute Gasteiger partial charge is 0.331 e. The molecule has 2 nitrogen and oxygen atoms in total. The minimum Gasteiger partial charge on any atom is -0.331 e. The third-order valence-electron chi connectivity index (χ3n) is 6.21. The summed E-state index contributed by atoms with van der Waals surface area (Å²) >= 11 is 0. The summed E-state index contributed by atoms with van der Waals surface area (Å²) in [5, 5.41) is 0. The van der Waals surface area contributed by atoms with Crippen molar-refractivity contribution in [3.8, 4) is 0 Å². The Kier molecular flexibility index (Phi) is 11.3. The van der Waals surface area contributed by atoms with Gasteiger partial charge in [-0.05, 0) is 25.0 Å². The van der Waals surface area contributed by atoms with Gasteiger partial charge in [0.15, 0.2) is 0 Å². The summed E-state index contributed by atoms with van der Waals surface area (Å²) in [6.07, 6.45) is 22.4. The van der Waals surface area contributed by atoms with Gasteiger partial charge in [0, 0.05) is 13.5 Å². The number of imidazole rings is 1. The number of hydrogen-bond acceptors (Lipinski definition) is 1. The summed E-state index contributed by atoms with van der Waals surface area (Å²) in [6.45, 7) is 4.45. The molecule has 2 heteroatoms. The molecular weight excluding hydrogens is 340 g/mol. The van der Waals surface area contributed by atoms with Gasteiger partial charge in [0.1, 0.15) is 5.82 Å². The Morgan fingerprint density at radius 2 is 1.21 bits per heavy atom. The molecule has 0 bridgehead atoms. The summed E-state index contributed by atoms with van der Waals surface area (Å²) in [5.41, 5.74) is 3.74. The topological polar surface area (TPSA) is 17.8 Å². The molecule has 0 saturated heterocycles. The van der Waals surface area contributed by atoms with E-state index in [4.69, 9.17) is 4.98 Å². The Morgan fingerprint density at radius 1 is 0.714 bits per heavy atom. The summed E-state index contributed by atoms with van der Waals surface area (Å²) in [6, 6.07) is 6.48. The first-order chi connectivity index (χ1) is 13.7. The molecule has 0 saturated carbocycles. The zero-order valence-corrected chi connectivity index (χ0v) is 18.9. The van der Waals surface area contributed by atoms with Gasteiger partial charge in [-0.25, -0.2) is 4.98 Å². The fraction of sp³-hybridized carbons (Fsp3) is 0.731. The average molecular weight is 385 g/mol. The van der Waals surface area contributed by atoms with Crippen molar-refractivity contribution < 1.29 is 0 Å². The van der Waals surface area contributed by atoms with Gasteiger partial charge in [-0.15, -0.1) is 0 Å². The highest BCUT2D eigenvalue weighted by atomic mass is 15.1. The van der Waals surface area contributed by atoms with Crippen molar-refractivity contribution in [1.29, 1.82) is 0 Å². The number of benzene rings is 1. The van der Waals surface area contributed by atoms with Gasteiger partial charge in [-0.1, -0.05) is 109 Å². The molecule has 2 rings (SSSR count). The Hall–Kier alpha value is -1.31. The second-order valence-corrected chi connectivity index (χ2v) is 8.73. The van der Waals surface area contributed by atoms with Crippen LogP contribution < -0.4 is 0 Å². The van der Waals surface area contributed by atoms with Gasteiger partial charge < -0.3 is 4.57 Å². The molecule has 2 aromatic rings. The predicted molar refractivity (Wildman–Crippen MR) is 124 cm³/mol. The second-order valence-electron chi connectivity index (χ2n) is 8.73. The van der Waals surface area contributed by atoms with E-state index in [0.29, 0.717) is 0 Å². The fourth-order valence-corrected chi connectivity index (χ4v) is 4.28. The van der Waals surface area contributed by atoms with E-state index in [2.05, 4.69) is 43.7 Å². The fourth-order valence-electron chi connectivity index (χ4n) is 4.28. The third kappa shape index (κ3) is 7.97. The van der Waals surface area contributed by atoms with Crippen molar-refractivity contribution in [1.82, 2.24) is 9.55 Å². The van der Waals surface area contributed by atoms with Gasteiger partial charge >= 0.3 is 0 Å². The lowest BCUT2D eigenvalue weighted by atomic mass is 10.0. The molecule has 0 atom stereocenters. The predicted octanol–water partition coefficient (Wildman–Crippen LogP) is 8.30. The molecule has 0 aliphatic carbocycles. The number of unbranched alkanes of at least 4 members (excludes halogenated alkanes) is 14. The van der Waals surface area contributed by atoms with Crippen molar-refractivity contribution in [2.24, 2.45) is 7.05 Å². The molecule has 158 valence electrons. The van der Waals surface area contributed by atoms with Crippen LogP contribution >= 0.6 is 0 Å². The van der Waals surface area contributed by atoms with Crippen LogP contribution in [0.15, 0.2) is 18.2 Å². The second kappa shape index (κ2) is 13.8. The first-order valence-electron chi connectivity index (χ1n) is 12.1. The van der Waals surface area contributed by atoms with E-state index in [9.17, 15) is 0 Å². The van der Waals surface area contributed by atoms with E-state index in [1.54, 1.807) is 0 Å². The lowest BCUT2D eigenvalue weighted by Gasteiger charge is -2.04. The zero-order chi connectivity index (χ0) is 20.0.